The highest BCUT2D eigenvalue weighted by atomic mass is 17.0. The predicted molar refractivity (Wildman–Crippen MR) is 66.5 cm³/mol. The molecule has 0 saturated carbocycles. The average molecular weight is 318 g/mol. The molecule has 22 heavy (non-hydrogen) atoms. The van der Waals surface area contributed by atoms with E-state index >= 15 is 0 Å². The highest BCUT2D eigenvalue weighted by molar-refractivity contribution is 5.67. The standard InChI is InChI=1S/C10H14N4O8/c1-4-8(20-5(2)15)9(21-6(3)16)7(12-13-11)10(19-4)22-14(17)18/h4,7-10H,1-3H3/t4-,7-,8+,9-,10-/m0/s1. The Bertz CT molecular complexity index is 505. The Morgan fingerprint density at radius 1 is 1.27 bits per heavy atom. The number of ether oxygens (including phenoxy) is 3. The molecule has 122 valence electrons. The van der Waals surface area contributed by atoms with Gasteiger partial charge in [0.25, 0.3) is 5.09 Å². The zero-order chi connectivity index (χ0) is 16.9. The summed E-state index contributed by atoms with van der Waals surface area (Å²) in [6.07, 6.45) is -4.89. The lowest BCUT2D eigenvalue weighted by atomic mass is 9.97. The molecule has 0 unspecified atom stereocenters. The molecule has 5 atom stereocenters. The molecule has 0 bridgehead atoms. The Hall–Kier alpha value is -2.59. The smallest absolute Gasteiger partial charge is 0.303 e. The van der Waals surface area contributed by atoms with E-state index in [9.17, 15) is 19.7 Å². The lowest BCUT2D eigenvalue weighted by molar-refractivity contribution is -0.783. The molecule has 0 N–H and O–H groups in total. The van der Waals surface area contributed by atoms with E-state index in [2.05, 4.69) is 14.9 Å². The van der Waals surface area contributed by atoms with Crippen LogP contribution in [0.4, 0.5) is 0 Å². The Morgan fingerprint density at radius 2 is 1.82 bits per heavy atom. The molecule has 1 saturated heterocycles. The Labute approximate surface area is 124 Å². The summed E-state index contributed by atoms with van der Waals surface area (Å²) in [5, 5.41) is 12.7. The van der Waals surface area contributed by atoms with Crippen molar-refractivity contribution in [2.75, 3.05) is 0 Å². The van der Waals surface area contributed by atoms with Gasteiger partial charge in [-0.2, -0.15) is 0 Å². The number of rotatable bonds is 5. The molecule has 0 aromatic carbocycles. The molecule has 0 radical (unpaired) electrons. The van der Waals surface area contributed by atoms with E-state index in [-0.39, 0.29) is 0 Å². The maximum absolute atomic E-state index is 11.2. The van der Waals surface area contributed by atoms with Crippen molar-refractivity contribution in [1.82, 2.24) is 0 Å². The SMILES string of the molecule is CC(=O)O[C@H]1[C@H](N=[N+]=[N-])[C@H](O[N+](=O)[O-])O[C@@H](C)[C@H]1OC(C)=O. The Morgan fingerprint density at radius 3 is 2.27 bits per heavy atom. The normalized spacial score (nSPS) is 30.6. The average Bonchev–Trinajstić information content (AvgIpc) is 2.36. The van der Waals surface area contributed by atoms with E-state index in [0.29, 0.717) is 0 Å². The first-order valence-electron chi connectivity index (χ1n) is 6.11. The van der Waals surface area contributed by atoms with Gasteiger partial charge in [0.15, 0.2) is 12.2 Å². The second-order valence-electron chi connectivity index (χ2n) is 4.38. The van der Waals surface area contributed by atoms with Gasteiger partial charge >= 0.3 is 11.9 Å². The summed E-state index contributed by atoms with van der Waals surface area (Å²) in [6.45, 7) is 3.65. The van der Waals surface area contributed by atoms with Crippen LogP contribution in [-0.2, 0) is 28.6 Å². The molecule has 0 spiro atoms. The Kier molecular flexibility index (Phi) is 5.90. The quantitative estimate of drug-likeness (QED) is 0.176. The minimum absolute atomic E-state index is 0.689. The first-order chi connectivity index (χ1) is 10.3. The van der Waals surface area contributed by atoms with Crippen molar-refractivity contribution in [3.63, 3.8) is 0 Å². The van der Waals surface area contributed by atoms with Gasteiger partial charge in [0.2, 0.25) is 6.29 Å². The summed E-state index contributed by atoms with van der Waals surface area (Å²) in [6, 6.07) is -1.40. The molecule has 1 aliphatic rings. The second-order valence-corrected chi connectivity index (χ2v) is 4.38. The fourth-order valence-electron chi connectivity index (χ4n) is 2.02. The van der Waals surface area contributed by atoms with Crippen molar-refractivity contribution in [3.05, 3.63) is 20.6 Å². The molecule has 1 heterocycles. The minimum Gasteiger partial charge on any atom is -0.458 e. The molecule has 0 aliphatic carbocycles. The van der Waals surface area contributed by atoms with E-state index < -0.39 is 47.7 Å². The predicted octanol–water partition coefficient (Wildman–Crippen LogP) is 0.482. The zero-order valence-electron chi connectivity index (χ0n) is 11.9. The summed E-state index contributed by atoms with van der Waals surface area (Å²) in [5.74, 6) is -1.44. The van der Waals surface area contributed by atoms with Gasteiger partial charge in [0.05, 0.1) is 6.10 Å². The van der Waals surface area contributed by atoms with Crippen LogP contribution in [0.25, 0.3) is 10.4 Å². The maximum Gasteiger partial charge on any atom is 0.303 e. The molecule has 0 aromatic rings. The van der Waals surface area contributed by atoms with Gasteiger partial charge in [-0.05, 0) is 12.5 Å². The number of azide groups is 1. The van der Waals surface area contributed by atoms with E-state index in [1.165, 1.54) is 6.92 Å². The van der Waals surface area contributed by atoms with E-state index in [1.807, 2.05) is 0 Å². The van der Waals surface area contributed by atoms with Gasteiger partial charge in [-0.3, -0.25) is 14.4 Å². The number of hydrogen-bond acceptors (Lipinski definition) is 9. The first-order valence-corrected chi connectivity index (χ1v) is 6.11. The van der Waals surface area contributed by atoms with Gasteiger partial charge < -0.3 is 14.2 Å². The van der Waals surface area contributed by atoms with Gasteiger partial charge in [-0.1, -0.05) is 5.11 Å². The van der Waals surface area contributed by atoms with Crippen molar-refractivity contribution in [2.24, 2.45) is 5.11 Å². The molecule has 1 fully saturated rings. The van der Waals surface area contributed by atoms with Crippen LogP contribution < -0.4 is 0 Å². The third kappa shape index (κ3) is 4.46. The molecular weight excluding hydrogens is 304 g/mol. The summed E-state index contributed by atoms with van der Waals surface area (Å²) >= 11 is 0. The fraction of sp³-hybridized carbons (Fsp3) is 0.800. The monoisotopic (exact) mass is 318 g/mol. The summed E-state index contributed by atoms with van der Waals surface area (Å²) < 4.78 is 15.2. The highest BCUT2D eigenvalue weighted by Crippen LogP contribution is 2.29. The fourth-order valence-corrected chi connectivity index (χ4v) is 2.02. The van der Waals surface area contributed by atoms with Crippen LogP contribution in [0.5, 0.6) is 0 Å². The molecule has 0 aromatic heterocycles. The largest absolute Gasteiger partial charge is 0.458 e. The summed E-state index contributed by atoms with van der Waals surface area (Å²) in [7, 11) is 0. The van der Waals surface area contributed by atoms with Gasteiger partial charge in [0, 0.05) is 18.8 Å². The van der Waals surface area contributed by atoms with Gasteiger partial charge in [-0.15, -0.1) is 10.1 Å². The molecule has 1 rings (SSSR count). The van der Waals surface area contributed by atoms with Crippen LogP contribution >= 0.6 is 0 Å². The van der Waals surface area contributed by atoms with Crippen molar-refractivity contribution in [3.8, 4) is 0 Å². The van der Waals surface area contributed by atoms with Crippen molar-refractivity contribution in [2.45, 2.75) is 51.4 Å². The van der Waals surface area contributed by atoms with Crippen LogP contribution in [-0.4, -0.2) is 47.7 Å². The molecule has 12 nitrogen and oxygen atoms in total. The second kappa shape index (κ2) is 7.43. The van der Waals surface area contributed by atoms with Crippen molar-refractivity contribution >= 4 is 11.9 Å². The van der Waals surface area contributed by atoms with E-state index in [4.69, 9.17) is 19.7 Å². The molecule has 1 aliphatic heterocycles. The molecular formula is C10H14N4O8. The van der Waals surface area contributed by atoms with Crippen LogP contribution in [0.15, 0.2) is 5.11 Å². The zero-order valence-corrected chi connectivity index (χ0v) is 11.9. The topological polar surface area (TPSA) is 163 Å². The maximum atomic E-state index is 11.2. The van der Waals surface area contributed by atoms with Crippen molar-refractivity contribution in [1.29, 1.82) is 0 Å². The number of esters is 2. The van der Waals surface area contributed by atoms with Crippen LogP contribution in [0.2, 0.25) is 0 Å². The number of carbonyl (C=O) groups excluding carboxylic acids is 2. The first kappa shape index (κ1) is 17.5. The molecule has 12 heteroatoms. The third-order valence-electron chi connectivity index (χ3n) is 2.73. The van der Waals surface area contributed by atoms with Gasteiger partial charge in [0.1, 0.15) is 6.04 Å². The van der Waals surface area contributed by atoms with Crippen molar-refractivity contribution < 1.29 is 33.7 Å². The van der Waals surface area contributed by atoms with Crippen LogP contribution in [0.3, 0.4) is 0 Å². The summed E-state index contributed by atoms with van der Waals surface area (Å²) in [5.41, 5.74) is 8.59. The number of nitrogens with zero attached hydrogens (tertiary/aromatic N) is 4. The highest BCUT2D eigenvalue weighted by Gasteiger charge is 2.49. The third-order valence-corrected chi connectivity index (χ3v) is 2.73. The van der Waals surface area contributed by atoms with E-state index in [0.717, 1.165) is 13.8 Å². The van der Waals surface area contributed by atoms with E-state index in [1.54, 1.807) is 0 Å². The molecule has 0 amide bonds. The minimum atomic E-state index is -1.60. The van der Waals surface area contributed by atoms with Gasteiger partial charge in [-0.25, -0.2) is 0 Å². The Balaban J connectivity index is 3.16. The number of carbonyl (C=O) groups is 2. The summed E-state index contributed by atoms with van der Waals surface area (Å²) in [4.78, 5) is 39.7. The van der Waals surface area contributed by atoms with Crippen LogP contribution in [0.1, 0.15) is 20.8 Å². The lowest BCUT2D eigenvalue weighted by Gasteiger charge is -2.41. The van der Waals surface area contributed by atoms with Crippen LogP contribution in [0, 0.1) is 10.1 Å². The number of hydrogen-bond donors (Lipinski definition) is 0. The lowest BCUT2D eigenvalue weighted by Crippen LogP contribution is -2.59.